The van der Waals surface area contributed by atoms with E-state index in [4.69, 9.17) is 17.3 Å². The van der Waals surface area contributed by atoms with Crippen LogP contribution in [0.25, 0.3) is 0 Å². The van der Waals surface area contributed by atoms with Crippen molar-refractivity contribution in [3.63, 3.8) is 0 Å². The van der Waals surface area contributed by atoms with E-state index in [9.17, 15) is 0 Å². The Morgan fingerprint density at radius 2 is 2.15 bits per heavy atom. The van der Waals surface area contributed by atoms with Crippen molar-refractivity contribution in [2.45, 2.75) is 52.1 Å². The highest BCUT2D eigenvalue weighted by Crippen LogP contribution is 2.25. The molecule has 0 saturated carbocycles. The summed E-state index contributed by atoms with van der Waals surface area (Å²) in [5.41, 5.74) is 7.99. The van der Waals surface area contributed by atoms with Crippen LogP contribution in [0.2, 0.25) is 5.02 Å². The summed E-state index contributed by atoms with van der Waals surface area (Å²) in [7, 11) is 0. The SMILES string of the molecule is CCCC1CCCN(Cc2ccc(CN)cc2Cl)CC1. The largest absolute Gasteiger partial charge is 0.326 e. The number of nitrogens with zero attached hydrogens (tertiary/aromatic N) is 1. The molecule has 1 aliphatic heterocycles. The third-order valence-electron chi connectivity index (χ3n) is 4.38. The molecule has 0 aliphatic carbocycles. The normalized spacial score (nSPS) is 20.9. The van der Waals surface area contributed by atoms with Crippen LogP contribution in [0, 0.1) is 5.92 Å². The summed E-state index contributed by atoms with van der Waals surface area (Å²) in [5.74, 6) is 0.931. The van der Waals surface area contributed by atoms with Crippen LogP contribution in [-0.4, -0.2) is 18.0 Å². The van der Waals surface area contributed by atoms with Gasteiger partial charge in [0.15, 0.2) is 0 Å². The summed E-state index contributed by atoms with van der Waals surface area (Å²) < 4.78 is 0. The average Bonchev–Trinajstić information content (AvgIpc) is 2.67. The molecule has 20 heavy (non-hydrogen) atoms. The fraction of sp³-hybridized carbons (Fsp3) is 0.647. The van der Waals surface area contributed by atoms with Crippen molar-refractivity contribution in [3.05, 3.63) is 34.3 Å². The minimum Gasteiger partial charge on any atom is -0.326 e. The van der Waals surface area contributed by atoms with Gasteiger partial charge >= 0.3 is 0 Å². The Hall–Kier alpha value is -0.570. The Bertz CT molecular complexity index is 419. The summed E-state index contributed by atoms with van der Waals surface area (Å²) in [6.45, 7) is 6.24. The third-order valence-corrected chi connectivity index (χ3v) is 4.74. The standard InChI is InChI=1S/C17H27ClN2/c1-2-4-14-5-3-9-20(10-8-14)13-16-7-6-15(12-19)11-17(16)18/h6-7,11,14H,2-5,8-10,12-13,19H2,1H3. The lowest BCUT2D eigenvalue weighted by atomic mass is 9.96. The van der Waals surface area contributed by atoms with Gasteiger partial charge in [-0.3, -0.25) is 4.90 Å². The van der Waals surface area contributed by atoms with Crippen LogP contribution in [0.3, 0.4) is 0 Å². The molecule has 1 unspecified atom stereocenters. The lowest BCUT2D eigenvalue weighted by molar-refractivity contribution is 0.271. The number of benzene rings is 1. The highest BCUT2D eigenvalue weighted by atomic mass is 35.5. The second-order valence-electron chi connectivity index (χ2n) is 5.99. The zero-order valence-corrected chi connectivity index (χ0v) is 13.3. The number of halogens is 1. The van der Waals surface area contributed by atoms with Crippen LogP contribution in [0.4, 0.5) is 0 Å². The first-order valence-electron chi connectivity index (χ1n) is 7.92. The van der Waals surface area contributed by atoms with Crippen molar-refractivity contribution in [2.75, 3.05) is 13.1 Å². The van der Waals surface area contributed by atoms with E-state index >= 15 is 0 Å². The first kappa shape index (κ1) is 15.8. The van der Waals surface area contributed by atoms with Gasteiger partial charge in [-0.2, -0.15) is 0 Å². The summed E-state index contributed by atoms with van der Waals surface area (Å²) in [6.07, 6.45) is 6.76. The first-order chi connectivity index (χ1) is 9.72. The highest BCUT2D eigenvalue weighted by Gasteiger charge is 2.17. The predicted octanol–water partition coefficient (Wildman–Crippen LogP) is 4.20. The minimum atomic E-state index is 0.558. The molecule has 0 radical (unpaired) electrons. The second kappa shape index (κ2) is 8.02. The number of hydrogen-bond donors (Lipinski definition) is 1. The fourth-order valence-corrected chi connectivity index (χ4v) is 3.43. The van der Waals surface area contributed by atoms with Gasteiger partial charge in [0.25, 0.3) is 0 Å². The fourth-order valence-electron chi connectivity index (χ4n) is 3.17. The van der Waals surface area contributed by atoms with E-state index in [2.05, 4.69) is 24.0 Å². The summed E-state index contributed by atoms with van der Waals surface area (Å²) >= 11 is 6.36. The van der Waals surface area contributed by atoms with Gasteiger partial charge in [0, 0.05) is 18.1 Å². The van der Waals surface area contributed by atoms with Crippen molar-refractivity contribution in [3.8, 4) is 0 Å². The molecule has 3 heteroatoms. The smallest absolute Gasteiger partial charge is 0.0454 e. The predicted molar refractivity (Wildman–Crippen MR) is 86.9 cm³/mol. The molecule has 2 nitrogen and oxygen atoms in total. The van der Waals surface area contributed by atoms with E-state index in [1.165, 1.54) is 50.8 Å². The number of rotatable bonds is 5. The van der Waals surface area contributed by atoms with Crippen molar-refractivity contribution in [1.82, 2.24) is 4.90 Å². The number of hydrogen-bond acceptors (Lipinski definition) is 2. The molecule has 0 amide bonds. The van der Waals surface area contributed by atoms with Gasteiger partial charge in [-0.15, -0.1) is 0 Å². The van der Waals surface area contributed by atoms with Gasteiger partial charge in [0.1, 0.15) is 0 Å². The molecule has 1 aromatic carbocycles. The van der Waals surface area contributed by atoms with Crippen LogP contribution >= 0.6 is 11.6 Å². The number of nitrogens with two attached hydrogens (primary N) is 1. The van der Waals surface area contributed by atoms with E-state index in [1.54, 1.807) is 0 Å². The van der Waals surface area contributed by atoms with E-state index in [1.807, 2.05) is 6.07 Å². The molecule has 0 spiro atoms. The molecule has 1 aromatic rings. The number of likely N-dealkylation sites (tertiary alicyclic amines) is 1. The molecule has 1 heterocycles. The van der Waals surface area contributed by atoms with Gasteiger partial charge in [-0.05, 0) is 55.5 Å². The molecule has 0 aromatic heterocycles. The van der Waals surface area contributed by atoms with E-state index in [-0.39, 0.29) is 0 Å². The van der Waals surface area contributed by atoms with E-state index < -0.39 is 0 Å². The van der Waals surface area contributed by atoms with Crippen LogP contribution in [0.5, 0.6) is 0 Å². The quantitative estimate of drug-likeness (QED) is 0.882. The molecule has 112 valence electrons. The van der Waals surface area contributed by atoms with E-state index in [0.29, 0.717) is 6.54 Å². The van der Waals surface area contributed by atoms with Crippen molar-refractivity contribution in [2.24, 2.45) is 11.7 Å². The molecule has 2 N–H and O–H groups in total. The average molecular weight is 295 g/mol. The maximum atomic E-state index is 6.36. The lowest BCUT2D eigenvalue weighted by Gasteiger charge is -2.21. The summed E-state index contributed by atoms with van der Waals surface area (Å²) in [6, 6.07) is 6.24. The topological polar surface area (TPSA) is 29.3 Å². The molecule has 1 saturated heterocycles. The van der Waals surface area contributed by atoms with E-state index in [0.717, 1.165) is 23.0 Å². The van der Waals surface area contributed by atoms with Crippen LogP contribution in [0.15, 0.2) is 18.2 Å². The summed E-state index contributed by atoms with van der Waals surface area (Å²) in [4.78, 5) is 2.55. The maximum absolute atomic E-state index is 6.36. The van der Waals surface area contributed by atoms with Crippen LogP contribution in [0.1, 0.15) is 50.2 Å². The van der Waals surface area contributed by atoms with Crippen LogP contribution < -0.4 is 5.73 Å². The van der Waals surface area contributed by atoms with Crippen molar-refractivity contribution >= 4 is 11.6 Å². The van der Waals surface area contributed by atoms with Gasteiger partial charge in [0.05, 0.1) is 0 Å². The van der Waals surface area contributed by atoms with Gasteiger partial charge in [-0.1, -0.05) is 43.5 Å². The Labute approximate surface area is 128 Å². The van der Waals surface area contributed by atoms with Crippen molar-refractivity contribution < 1.29 is 0 Å². The zero-order chi connectivity index (χ0) is 14.4. The zero-order valence-electron chi connectivity index (χ0n) is 12.6. The molecule has 0 bridgehead atoms. The Balaban J connectivity index is 1.93. The molecule has 2 rings (SSSR count). The molecular formula is C17H27ClN2. The van der Waals surface area contributed by atoms with Crippen LogP contribution in [-0.2, 0) is 13.1 Å². The monoisotopic (exact) mass is 294 g/mol. The van der Waals surface area contributed by atoms with Gasteiger partial charge in [0.2, 0.25) is 0 Å². The lowest BCUT2D eigenvalue weighted by Crippen LogP contribution is -2.24. The second-order valence-corrected chi connectivity index (χ2v) is 6.40. The van der Waals surface area contributed by atoms with Gasteiger partial charge in [-0.25, -0.2) is 0 Å². The first-order valence-corrected chi connectivity index (χ1v) is 8.30. The highest BCUT2D eigenvalue weighted by molar-refractivity contribution is 6.31. The van der Waals surface area contributed by atoms with Crippen molar-refractivity contribution in [1.29, 1.82) is 0 Å². The molecule has 1 atom stereocenters. The molecule has 1 aliphatic rings. The summed E-state index contributed by atoms with van der Waals surface area (Å²) in [5, 5.41) is 0.863. The Morgan fingerprint density at radius 3 is 2.85 bits per heavy atom. The van der Waals surface area contributed by atoms with Gasteiger partial charge < -0.3 is 5.73 Å². The third kappa shape index (κ3) is 4.47. The molecule has 1 fully saturated rings. The Kier molecular flexibility index (Phi) is 6.34. The minimum absolute atomic E-state index is 0.558. The molecular weight excluding hydrogens is 268 g/mol. The maximum Gasteiger partial charge on any atom is 0.0454 e. The Morgan fingerprint density at radius 1 is 1.30 bits per heavy atom.